The second kappa shape index (κ2) is 4.95. The first-order chi connectivity index (χ1) is 8.65. The Bertz CT molecular complexity index is 566. The summed E-state index contributed by atoms with van der Waals surface area (Å²) >= 11 is 0. The third-order valence-electron chi connectivity index (χ3n) is 1.94. The van der Waals surface area contributed by atoms with Gasteiger partial charge in [-0.3, -0.25) is 10.4 Å². The highest BCUT2D eigenvalue weighted by molar-refractivity contribution is 5.98. The number of carbonyl (C=O) groups is 2. The molecule has 2 rings (SSSR count). The third-order valence-corrected chi connectivity index (χ3v) is 1.94. The van der Waals surface area contributed by atoms with E-state index in [1.807, 2.05) is 6.07 Å². The molecule has 0 unspecified atom stereocenters. The van der Waals surface area contributed by atoms with Crippen molar-refractivity contribution in [2.75, 3.05) is 10.6 Å². The highest BCUT2D eigenvalue weighted by Gasteiger charge is 2.11. The number of carboxylic acids is 1. The minimum atomic E-state index is -1.25. The summed E-state index contributed by atoms with van der Waals surface area (Å²) in [4.78, 5) is 25.6. The molecule has 92 valence electrons. The molecular formula is C10H9N5O3. The third kappa shape index (κ3) is 2.82. The molecule has 0 saturated carbocycles. The Morgan fingerprint density at radius 1 is 1.17 bits per heavy atom. The van der Waals surface area contributed by atoms with Crippen LogP contribution < -0.4 is 10.6 Å². The Kier molecular flexibility index (Phi) is 3.19. The Hall–Kier alpha value is -2.90. The molecular weight excluding hydrogens is 238 g/mol. The molecule has 0 aliphatic rings. The van der Waals surface area contributed by atoms with Crippen LogP contribution in [0.25, 0.3) is 0 Å². The van der Waals surface area contributed by atoms with Gasteiger partial charge in [0.1, 0.15) is 0 Å². The van der Waals surface area contributed by atoms with Gasteiger partial charge in [0.05, 0.1) is 0 Å². The molecule has 2 aromatic rings. The Labute approximate surface area is 101 Å². The summed E-state index contributed by atoms with van der Waals surface area (Å²) in [5.74, 6) is -1.70. The number of hydrogen-bond donors (Lipinski definition) is 4. The molecule has 0 aliphatic heterocycles. The molecule has 0 aliphatic carbocycles. The van der Waals surface area contributed by atoms with Crippen molar-refractivity contribution in [3.63, 3.8) is 0 Å². The van der Waals surface area contributed by atoms with Crippen molar-refractivity contribution in [2.45, 2.75) is 0 Å². The summed E-state index contributed by atoms with van der Waals surface area (Å²) in [5, 5.41) is 19.1. The van der Waals surface area contributed by atoms with E-state index in [0.717, 1.165) is 0 Å². The smallest absolute Gasteiger partial charge is 0.373 e. The first kappa shape index (κ1) is 11.6. The fraction of sp³-hybridized carbons (Fsp3) is 0. The van der Waals surface area contributed by atoms with Crippen molar-refractivity contribution in [3.8, 4) is 0 Å². The molecule has 1 aromatic carbocycles. The average Bonchev–Trinajstić information content (AvgIpc) is 2.78. The van der Waals surface area contributed by atoms with Gasteiger partial charge < -0.3 is 10.4 Å². The van der Waals surface area contributed by atoms with Gasteiger partial charge in [0, 0.05) is 5.69 Å². The van der Waals surface area contributed by atoms with Gasteiger partial charge in [0.25, 0.3) is 5.95 Å². The van der Waals surface area contributed by atoms with E-state index in [1.54, 1.807) is 24.3 Å². The SMILES string of the molecule is O=C(Nc1ccccc1)Nc1n[nH]c(C(=O)O)n1. The second-order valence-electron chi connectivity index (χ2n) is 3.26. The quantitative estimate of drug-likeness (QED) is 0.648. The van der Waals surface area contributed by atoms with Gasteiger partial charge >= 0.3 is 12.0 Å². The molecule has 0 saturated heterocycles. The standard InChI is InChI=1S/C10H9N5O3/c16-8(17)7-12-9(15-14-7)13-10(18)11-6-4-2-1-3-5-6/h1-5H,(H,16,17)(H3,11,12,13,14,15,18). The monoisotopic (exact) mass is 247 g/mol. The number of urea groups is 1. The summed E-state index contributed by atoms with van der Waals surface area (Å²) < 4.78 is 0. The number of carboxylic acid groups (broad SMARTS) is 1. The van der Waals surface area contributed by atoms with Crippen LogP contribution in [0.3, 0.4) is 0 Å². The van der Waals surface area contributed by atoms with Crippen LogP contribution in [-0.2, 0) is 0 Å². The number of carbonyl (C=O) groups excluding carboxylic acids is 1. The van der Waals surface area contributed by atoms with Gasteiger partial charge in [0.2, 0.25) is 5.82 Å². The predicted molar refractivity (Wildman–Crippen MR) is 62.4 cm³/mol. The van der Waals surface area contributed by atoms with Crippen LogP contribution >= 0.6 is 0 Å². The van der Waals surface area contributed by atoms with Crippen LogP contribution in [0, 0.1) is 0 Å². The van der Waals surface area contributed by atoms with E-state index in [4.69, 9.17) is 5.11 Å². The van der Waals surface area contributed by atoms with Gasteiger partial charge in [0.15, 0.2) is 0 Å². The number of H-pyrrole nitrogens is 1. The summed E-state index contributed by atoms with van der Waals surface area (Å²) in [6.07, 6.45) is 0. The number of aromatic carboxylic acids is 1. The van der Waals surface area contributed by atoms with Crippen molar-refractivity contribution >= 4 is 23.6 Å². The van der Waals surface area contributed by atoms with Crippen molar-refractivity contribution in [1.29, 1.82) is 0 Å². The van der Waals surface area contributed by atoms with E-state index in [1.165, 1.54) is 0 Å². The van der Waals surface area contributed by atoms with E-state index in [9.17, 15) is 9.59 Å². The average molecular weight is 247 g/mol. The molecule has 1 heterocycles. The van der Waals surface area contributed by atoms with Gasteiger partial charge in [-0.2, -0.15) is 4.98 Å². The highest BCUT2D eigenvalue weighted by Crippen LogP contribution is 2.06. The van der Waals surface area contributed by atoms with Crippen LogP contribution in [-0.4, -0.2) is 32.3 Å². The maximum Gasteiger partial charge on any atom is 0.373 e. The zero-order valence-electron chi connectivity index (χ0n) is 9.04. The number of para-hydroxylation sites is 1. The fourth-order valence-corrected chi connectivity index (χ4v) is 1.20. The van der Waals surface area contributed by atoms with Crippen LogP contribution in [0.1, 0.15) is 10.6 Å². The number of nitrogens with one attached hydrogen (secondary N) is 3. The van der Waals surface area contributed by atoms with E-state index < -0.39 is 12.0 Å². The molecule has 0 atom stereocenters. The largest absolute Gasteiger partial charge is 0.475 e. The Morgan fingerprint density at radius 2 is 1.89 bits per heavy atom. The maximum atomic E-state index is 11.5. The lowest BCUT2D eigenvalue weighted by Crippen LogP contribution is -2.20. The molecule has 0 radical (unpaired) electrons. The molecule has 18 heavy (non-hydrogen) atoms. The second-order valence-corrected chi connectivity index (χ2v) is 3.26. The number of benzene rings is 1. The molecule has 4 N–H and O–H groups in total. The zero-order valence-corrected chi connectivity index (χ0v) is 9.04. The maximum absolute atomic E-state index is 11.5. The zero-order chi connectivity index (χ0) is 13.0. The molecule has 1 aromatic heterocycles. The lowest BCUT2D eigenvalue weighted by atomic mass is 10.3. The normalized spacial score (nSPS) is 9.78. The Balaban J connectivity index is 1.97. The van der Waals surface area contributed by atoms with Crippen molar-refractivity contribution in [3.05, 3.63) is 36.2 Å². The molecule has 8 nitrogen and oxygen atoms in total. The van der Waals surface area contributed by atoms with Crippen LogP contribution in [0.15, 0.2) is 30.3 Å². The molecule has 0 fully saturated rings. The number of rotatable bonds is 3. The summed E-state index contributed by atoms with van der Waals surface area (Å²) in [6, 6.07) is 8.21. The van der Waals surface area contributed by atoms with Crippen LogP contribution in [0.4, 0.5) is 16.4 Å². The van der Waals surface area contributed by atoms with Crippen molar-refractivity contribution < 1.29 is 14.7 Å². The predicted octanol–water partition coefficient (Wildman–Crippen LogP) is 1.15. The molecule has 8 heteroatoms. The number of amides is 2. The van der Waals surface area contributed by atoms with E-state index in [2.05, 4.69) is 25.8 Å². The topological polar surface area (TPSA) is 120 Å². The van der Waals surface area contributed by atoms with E-state index in [0.29, 0.717) is 5.69 Å². The number of hydrogen-bond acceptors (Lipinski definition) is 4. The molecule has 2 amide bonds. The number of aromatic amines is 1. The van der Waals surface area contributed by atoms with Gasteiger partial charge in [-0.05, 0) is 12.1 Å². The molecule has 0 spiro atoms. The highest BCUT2D eigenvalue weighted by atomic mass is 16.4. The van der Waals surface area contributed by atoms with Crippen molar-refractivity contribution in [2.24, 2.45) is 0 Å². The minimum Gasteiger partial charge on any atom is -0.475 e. The van der Waals surface area contributed by atoms with Gasteiger partial charge in [-0.15, -0.1) is 5.10 Å². The van der Waals surface area contributed by atoms with Crippen LogP contribution in [0.5, 0.6) is 0 Å². The fourth-order valence-electron chi connectivity index (χ4n) is 1.20. The lowest BCUT2D eigenvalue weighted by molar-refractivity contribution is 0.0684. The van der Waals surface area contributed by atoms with Crippen LogP contribution in [0.2, 0.25) is 0 Å². The van der Waals surface area contributed by atoms with Gasteiger partial charge in [-0.1, -0.05) is 18.2 Å². The van der Waals surface area contributed by atoms with E-state index >= 15 is 0 Å². The first-order valence-electron chi connectivity index (χ1n) is 4.94. The summed E-state index contributed by atoms with van der Waals surface area (Å²) in [7, 11) is 0. The first-order valence-corrected chi connectivity index (χ1v) is 4.94. The number of aromatic nitrogens is 3. The minimum absolute atomic E-state index is 0.110. The number of anilines is 2. The molecule has 0 bridgehead atoms. The lowest BCUT2D eigenvalue weighted by Gasteiger charge is -2.03. The Morgan fingerprint density at radius 3 is 2.50 bits per heavy atom. The van der Waals surface area contributed by atoms with Crippen molar-refractivity contribution in [1.82, 2.24) is 15.2 Å². The summed E-state index contributed by atoms with van der Waals surface area (Å²) in [6.45, 7) is 0. The van der Waals surface area contributed by atoms with E-state index in [-0.39, 0.29) is 11.8 Å². The van der Waals surface area contributed by atoms with Gasteiger partial charge in [-0.25, -0.2) is 9.59 Å². The number of nitrogens with zero attached hydrogens (tertiary/aromatic N) is 2. The summed E-state index contributed by atoms with van der Waals surface area (Å²) in [5.41, 5.74) is 0.601.